The fourth-order valence-electron chi connectivity index (χ4n) is 3.48. The molecule has 0 atom stereocenters. The molecule has 0 bridgehead atoms. The predicted molar refractivity (Wildman–Crippen MR) is 117 cm³/mol. The third kappa shape index (κ3) is 3.83. The fraction of sp³-hybridized carbons (Fsp3) is 0.136. The largest absolute Gasteiger partial charge is 0.497 e. The molecule has 0 N–H and O–H groups in total. The Kier molecular flexibility index (Phi) is 5.69. The zero-order valence-corrected chi connectivity index (χ0v) is 17.7. The Hall–Kier alpha value is -4.05. The van der Waals surface area contributed by atoms with Gasteiger partial charge < -0.3 is 9.64 Å². The van der Waals surface area contributed by atoms with E-state index in [1.54, 1.807) is 24.3 Å². The van der Waals surface area contributed by atoms with Crippen molar-refractivity contribution in [1.82, 2.24) is 4.90 Å². The van der Waals surface area contributed by atoms with E-state index in [0.29, 0.717) is 11.4 Å². The van der Waals surface area contributed by atoms with Crippen molar-refractivity contribution in [3.8, 4) is 5.75 Å². The summed E-state index contributed by atoms with van der Waals surface area (Å²) in [6, 6.07) is 14.4. The number of hydrogen-bond acceptors (Lipinski definition) is 7. The first kappa shape index (κ1) is 21.2. The highest BCUT2D eigenvalue weighted by molar-refractivity contribution is 7.09. The van der Waals surface area contributed by atoms with Gasteiger partial charge in [-0.1, -0.05) is 12.1 Å². The topological polar surface area (TPSA) is 110 Å². The van der Waals surface area contributed by atoms with Crippen molar-refractivity contribution in [2.24, 2.45) is 0 Å². The first-order chi connectivity index (χ1) is 15.4. The minimum absolute atomic E-state index is 0.0775. The smallest absolute Gasteiger partial charge is 0.282 e. The molecule has 1 aromatic heterocycles. The Bertz CT molecular complexity index is 1210. The van der Waals surface area contributed by atoms with E-state index in [1.807, 2.05) is 17.5 Å². The van der Waals surface area contributed by atoms with Gasteiger partial charge in [-0.25, -0.2) is 0 Å². The van der Waals surface area contributed by atoms with Gasteiger partial charge in [0.15, 0.2) is 0 Å². The summed E-state index contributed by atoms with van der Waals surface area (Å²) in [4.78, 5) is 52.6. The van der Waals surface area contributed by atoms with Crippen LogP contribution in [0.3, 0.4) is 0 Å². The van der Waals surface area contributed by atoms with Crippen LogP contribution in [-0.2, 0) is 11.3 Å². The van der Waals surface area contributed by atoms with Crippen molar-refractivity contribution in [2.75, 3.05) is 18.6 Å². The molecular weight excluding hydrogens is 434 g/mol. The van der Waals surface area contributed by atoms with Crippen LogP contribution in [0.25, 0.3) is 0 Å². The number of rotatable bonds is 7. The quantitative estimate of drug-likeness (QED) is 0.309. The second kappa shape index (κ2) is 8.60. The molecule has 3 amide bonds. The van der Waals surface area contributed by atoms with E-state index in [0.717, 1.165) is 15.8 Å². The number of carbonyl (C=O) groups excluding carboxylic acids is 3. The van der Waals surface area contributed by atoms with Gasteiger partial charge in [0.25, 0.3) is 17.5 Å². The molecule has 0 radical (unpaired) electrons. The number of anilines is 1. The lowest BCUT2D eigenvalue weighted by molar-refractivity contribution is -0.385. The molecule has 0 fully saturated rings. The maximum atomic E-state index is 13.3. The molecule has 2 aromatic carbocycles. The van der Waals surface area contributed by atoms with Crippen molar-refractivity contribution >= 4 is 40.4 Å². The standard InChI is InChI=1S/C22H17N3O6S/c1-31-15-9-7-14(8-10-15)23(12-16-4-3-11-32-16)19(26)13-24-21(27)17-5-2-6-18(25(29)30)20(17)22(24)28/h2-11H,12-13H2,1H3. The lowest BCUT2D eigenvalue weighted by Gasteiger charge is -2.24. The Balaban J connectivity index is 1.63. The van der Waals surface area contributed by atoms with Crippen LogP contribution in [0.1, 0.15) is 25.6 Å². The van der Waals surface area contributed by atoms with E-state index in [9.17, 15) is 24.5 Å². The average molecular weight is 451 g/mol. The highest BCUT2D eigenvalue weighted by Crippen LogP contribution is 2.31. The van der Waals surface area contributed by atoms with Crippen LogP contribution in [-0.4, -0.2) is 41.2 Å². The maximum absolute atomic E-state index is 13.3. The summed E-state index contributed by atoms with van der Waals surface area (Å²) < 4.78 is 5.16. The van der Waals surface area contributed by atoms with Gasteiger partial charge in [-0.2, -0.15) is 0 Å². The van der Waals surface area contributed by atoms with Crippen LogP contribution in [0.2, 0.25) is 0 Å². The average Bonchev–Trinajstić information content (AvgIpc) is 3.40. The molecule has 0 spiro atoms. The van der Waals surface area contributed by atoms with Gasteiger partial charge in [0.2, 0.25) is 5.91 Å². The van der Waals surface area contributed by atoms with Gasteiger partial charge in [0.1, 0.15) is 17.9 Å². The zero-order chi connectivity index (χ0) is 22.8. The van der Waals surface area contributed by atoms with Gasteiger partial charge in [0, 0.05) is 16.6 Å². The summed E-state index contributed by atoms with van der Waals surface area (Å²) in [5.41, 5.74) is -0.260. The number of benzene rings is 2. The third-order valence-corrected chi connectivity index (χ3v) is 5.91. The molecule has 0 saturated heterocycles. The van der Waals surface area contributed by atoms with Crippen LogP contribution in [0.5, 0.6) is 5.75 Å². The summed E-state index contributed by atoms with van der Waals surface area (Å²) in [5.74, 6) is -1.46. The van der Waals surface area contributed by atoms with E-state index in [4.69, 9.17) is 4.74 Å². The third-order valence-electron chi connectivity index (χ3n) is 5.05. The summed E-state index contributed by atoms with van der Waals surface area (Å²) >= 11 is 1.47. The van der Waals surface area contributed by atoms with Gasteiger partial charge in [-0.15, -0.1) is 11.3 Å². The number of fused-ring (bicyclic) bond motifs is 1. The Labute approximate surface area is 186 Å². The number of nitro groups is 1. The van der Waals surface area contributed by atoms with Crippen molar-refractivity contribution in [2.45, 2.75) is 6.54 Å². The molecule has 1 aliphatic rings. The number of amides is 3. The van der Waals surface area contributed by atoms with Gasteiger partial charge in [-0.05, 0) is 41.8 Å². The van der Waals surface area contributed by atoms with Crippen molar-refractivity contribution < 1.29 is 24.0 Å². The van der Waals surface area contributed by atoms with Gasteiger partial charge in [0.05, 0.1) is 24.1 Å². The normalized spacial score (nSPS) is 12.6. The van der Waals surface area contributed by atoms with Crippen molar-refractivity contribution in [3.63, 3.8) is 0 Å². The second-order valence-corrected chi connectivity index (χ2v) is 7.94. The minimum atomic E-state index is -0.851. The van der Waals surface area contributed by atoms with E-state index in [-0.39, 0.29) is 17.7 Å². The number of hydrogen-bond donors (Lipinski definition) is 0. The molecule has 2 heterocycles. The van der Waals surface area contributed by atoms with Crippen LogP contribution in [0, 0.1) is 10.1 Å². The monoisotopic (exact) mass is 451 g/mol. The molecule has 9 nitrogen and oxygen atoms in total. The lowest BCUT2D eigenvalue weighted by Crippen LogP contribution is -2.42. The van der Waals surface area contributed by atoms with E-state index in [1.165, 1.54) is 35.5 Å². The lowest BCUT2D eigenvalue weighted by atomic mass is 10.1. The number of ether oxygens (including phenoxy) is 1. The molecule has 3 aromatic rings. The van der Waals surface area contributed by atoms with E-state index in [2.05, 4.69) is 0 Å². The number of nitro benzene ring substituents is 1. The SMILES string of the molecule is COc1ccc(N(Cc2cccs2)C(=O)CN2C(=O)c3cccc([N+](=O)[O-])c3C2=O)cc1. The number of imide groups is 1. The molecular formula is C22H17N3O6S. The van der Waals surface area contributed by atoms with E-state index < -0.39 is 34.9 Å². The highest BCUT2D eigenvalue weighted by Gasteiger charge is 2.42. The zero-order valence-electron chi connectivity index (χ0n) is 16.9. The van der Waals surface area contributed by atoms with Crippen LogP contribution in [0.15, 0.2) is 60.0 Å². The van der Waals surface area contributed by atoms with E-state index >= 15 is 0 Å². The molecule has 0 aliphatic carbocycles. The Morgan fingerprint density at radius 2 is 1.84 bits per heavy atom. The predicted octanol–water partition coefficient (Wildman–Crippen LogP) is 3.49. The summed E-state index contributed by atoms with van der Waals surface area (Å²) in [7, 11) is 1.53. The number of methoxy groups -OCH3 is 1. The minimum Gasteiger partial charge on any atom is -0.497 e. The van der Waals surface area contributed by atoms with Crippen molar-refractivity contribution in [3.05, 3.63) is 86.1 Å². The maximum Gasteiger partial charge on any atom is 0.282 e. The number of carbonyl (C=O) groups is 3. The summed E-state index contributed by atoms with van der Waals surface area (Å²) in [5, 5.41) is 13.2. The Morgan fingerprint density at radius 3 is 2.47 bits per heavy atom. The first-order valence-electron chi connectivity index (χ1n) is 9.51. The second-order valence-electron chi connectivity index (χ2n) is 6.91. The first-order valence-corrected chi connectivity index (χ1v) is 10.4. The fourth-order valence-corrected chi connectivity index (χ4v) is 4.17. The van der Waals surface area contributed by atoms with Crippen LogP contribution in [0.4, 0.5) is 11.4 Å². The molecule has 162 valence electrons. The molecule has 32 heavy (non-hydrogen) atoms. The molecule has 4 rings (SSSR count). The molecule has 10 heteroatoms. The summed E-state index contributed by atoms with van der Waals surface area (Å²) in [6.07, 6.45) is 0. The van der Waals surface area contributed by atoms with Crippen LogP contribution >= 0.6 is 11.3 Å². The number of thiophene rings is 1. The summed E-state index contributed by atoms with van der Waals surface area (Å²) in [6.45, 7) is -0.299. The number of nitrogens with zero attached hydrogens (tertiary/aromatic N) is 3. The molecule has 1 aliphatic heterocycles. The van der Waals surface area contributed by atoms with Gasteiger partial charge in [-0.3, -0.25) is 29.4 Å². The van der Waals surface area contributed by atoms with Gasteiger partial charge >= 0.3 is 0 Å². The van der Waals surface area contributed by atoms with Crippen molar-refractivity contribution in [1.29, 1.82) is 0 Å². The molecule has 0 unspecified atom stereocenters. The van der Waals surface area contributed by atoms with Crippen LogP contribution < -0.4 is 9.64 Å². The Morgan fingerprint density at radius 1 is 1.09 bits per heavy atom. The highest BCUT2D eigenvalue weighted by atomic mass is 32.1. The molecule has 0 saturated carbocycles.